The van der Waals surface area contributed by atoms with Crippen molar-refractivity contribution in [3.05, 3.63) is 65.5 Å². The molecule has 2 aromatic carbocycles. The smallest absolute Gasteiger partial charge is 0.257 e. The molecule has 1 amide bonds. The van der Waals surface area contributed by atoms with Crippen molar-refractivity contribution in [2.75, 3.05) is 6.54 Å². The monoisotopic (exact) mass is 341 g/mol. The average molecular weight is 341 g/mol. The van der Waals surface area contributed by atoms with E-state index in [0.717, 1.165) is 5.56 Å². The predicted octanol–water partition coefficient (Wildman–Crippen LogP) is 3.60. The second-order valence-corrected chi connectivity index (χ2v) is 6.77. The third kappa shape index (κ3) is 2.78. The number of carbonyl (C=O) groups excluding carboxylic acids is 1. The molecule has 4 rings (SSSR count). The molecule has 2 heterocycles. The Morgan fingerprint density at radius 2 is 2.08 bits per heavy atom. The number of nitrogens with zero attached hydrogens (tertiary/aromatic N) is 1. The highest BCUT2D eigenvalue weighted by Crippen LogP contribution is 2.47. The zero-order valence-corrected chi connectivity index (χ0v) is 14.1. The largest absolute Gasteiger partial charge is 0.490 e. The Bertz CT molecular complexity index is 795. The van der Waals surface area contributed by atoms with Gasteiger partial charge in [0.2, 0.25) is 0 Å². The fourth-order valence-electron chi connectivity index (χ4n) is 3.87. The lowest BCUT2D eigenvalue weighted by atomic mass is 9.73. The number of hydrogen-bond acceptors (Lipinski definition) is 3. The summed E-state index contributed by atoms with van der Waals surface area (Å²) in [5.41, 5.74) is 0.885. The van der Waals surface area contributed by atoms with Gasteiger partial charge in [0, 0.05) is 12.0 Å². The van der Waals surface area contributed by atoms with Crippen molar-refractivity contribution in [3.63, 3.8) is 0 Å². The third-order valence-electron chi connectivity index (χ3n) is 5.03. The molecule has 2 aliphatic rings. The Morgan fingerprint density at radius 1 is 1.28 bits per heavy atom. The summed E-state index contributed by atoms with van der Waals surface area (Å²) in [4.78, 5) is 18.9. The van der Waals surface area contributed by atoms with E-state index >= 15 is 0 Å². The van der Waals surface area contributed by atoms with Crippen LogP contribution in [0.2, 0.25) is 0 Å². The summed E-state index contributed by atoms with van der Waals surface area (Å²) < 4.78 is 19.6. The van der Waals surface area contributed by atoms with Crippen LogP contribution in [-0.2, 0) is 21.7 Å². The number of hydroxylamine groups is 2. The summed E-state index contributed by atoms with van der Waals surface area (Å²) in [6.45, 7) is 2.77. The molecule has 2 aliphatic heterocycles. The van der Waals surface area contributed by atoms with Gasteiger partial charge in [0.05, 0.1) is 18.1 Å². The molecule has 2 unspecified atom stereocenters. The molecule has 5 heteroatoms. The van der Waals surface area contributed by atoms with E-state index in [2.05, 4.69) is 0 Å². The number of benzene rings is 2. The van der Waals surface area contributed by atoms with E-state index < -0.39 is 5.41 Å². The van der Waals surface area contributed by atoms with Crippen LogP contribution < -0.4 is 4.74 Å². The van der Waals surface area contributed by atoms with Crippen LogP contribution >= 0.6 is 0 Å². The SMILES string of the molecule is CC1CC2(CCN(OCc3ccccc3)C2=O)c2cc(F)ccc2O1. The Kier molecular flexibility index (Phi) is 3.96. The van der Waals surface area contributed by atoms with Crippen LogP contribution in [0.15, 0.2) is 48.5 Å². The molecule has 0 N–H and O–H groups in total. The van der Waals surface area contributed by atoms with E-state index in [4.69, 9.17) is 9.57 Å². The summed E-state index contributed by atoms with van der Waals surface area (Å²) in [6.07, 6.45) is 1.04. The molecule has 1 saturated heterocycles. The van der Waals surface area contributed by atoms with Gasteiger partial charge in [-0.05, 0) is 37.1 Å². The molecule has 1 spiro atoms. The normalized spacial score (nSPS) is 25.1. The van der Waals surface area contributed by atoms with Gasteiger partial charge in [-0.15, -0.1) is 0 Å². The van der Waals surface area contributed by atoms with Gasteiger partial charge < -0.3 is 4.74 Å². The van der Waals surface area contributed by atoms with E-state index in [-0.39, 0.29) is 17.8 Å². The summed E-state index contributed by atoms with van der Waals surface area (Å²) in [7, 11) is 0. The molecule has 0 aliphatic carbocycles. The maximum atomic E-state index is 13.8. The Hall–Kier alpha value is -2.40. The van der Waals surface area contributed by atoms with Gasteiger partial charge in [-0.3, -0.25) is 9.63 Å². The lowest BCUT2D eigenvalue weighted by Crippen LogP contribution is -2.44. The van der Waals surface area contributed by atoms with Gasteiger partial charge in [-0.25, -0.2) is 9.45 Å². The van der Waals surface area contributed by atoms with Crippen LogP contribution in [0, 0.1) is 5.82 Å². The minimum absolute atomic E-state index is 0.101. The molecule has 0 bridgehead atoms. The lowest BCUT2D eigenvalue weighted by molar-refractivity contribution is -0.186. The van der Waals surface area contributed by atoms with Gasteiger partial charge >= 0.3 is 0 Å². The number of carbonyl (C=O) groups is 1. The van der Waals surface area contributed by atoms with Crippen LogP contribution in [-0.4, -0.2) is 23.6 Å². The zero-order valence-electron chi connectivity index (χ0n) is 14.1. The number of halogens is 1. The minimum atomic E-state index is -0.758. The van der Waals surface area contributed by atoms with Crippen molar-refractivity contribution in [1.29, 1.82) is 0 Å². The van der Waals surface area contributed by atoms with Gasteiger partial charge in [0.15, 0.2) is 0 Å². The van der Waals surface area contributed by atoms with Crippen LogP contribution in [0.25, 0.3) is 0 Å². The van der Waals surface area contributed by atoms with Gasteiger partial charge in [-0.2, -0.15) is 0 Å². The van der Waals surface area contributed by atoms with E-state index in [1.165, 1.54) is 17.2 Å². The summed E-state index contributed by atoms with van der Waals surface area (Å²) in [5, 5.41) is 1.43. The second-order valence-electron chi connectivity index (χ2n) is 6.77. The zero-order chi connectivity index (χ0) is 17.4. The molecule has 0 radical (unpaired) electrons. The number of hydrogen-bond donors (Lipinski definition) is 0. The molecule has 0 aromatic heterocycles. The first-order valence-corrected chi connectivity index (χ1v) is 8.54. The van der Waals surface area contributed by atoms with Crippen molar-refractivity contribution in [1.82, 2.24) is 5.06 Å². The average Bonchev–Trinajstić information content (AvgIpc) is 2.91. The van der Waals surface area contributed by atoms with E-state index in [0.29, 0.717) is 37.3 Å². The topological polar surface area (TPSA) is 38.8 Å². The van der Waals surface area contributed by atoms with Crippen LogP contribution in [0.4, 0.5) is 4.39 Å². The molecular formula is C20H20FNO3. The second kappa shape index (κ2) is 6.15. The van der Waals surface area contributed by atoms with E-state index in [1.54, 1.807) is 6.07 Å². The highest BCUT2D eigenvalue weighted by molar-refractivity contribution is 5.90. The maximum Gasteiger partial charge on any atom is 0.257 e. The number of ether oxygens (including phenoxy) is 1. The Labute approximate surface area is 146 Å². The molecule has 1 fully saturated rings. The molecule has 2 atom stereocenters. The van der Waals surface area contributed by atoms with Crippen LogP contribution in [0.3, 0.4) is 0 Å². The first kappa shape index (κ1) is 16.1. The minimum Gasteiger partial charge on any atom is -0.490 e. The third-order valence-corrected chi connectivity index (χ3v) is 5.03. The first-order chi connectivity index (χ1) is 12.1. The summed E-state index contributed by atoms with van der Waals surface area (Å²) in [5.74, 6) is 0.136. The lowest BCUT2D eigenvalue weighted by Gasteiger charge is -2.37. The number of fused-ring (bicyclic) bond motifs is 2. The Morgan fingerprint density at radius 3 is 2.88 bits per heavy atom. The van der Waals surface area contributed by atoms with Crippen LogP contribution in [0.1, 0.15) is 30.9 Å². The molecular weight excluding hydrogens is 321 g/mol. The van der Waals surface area contributed by atoms with Crippen molar-refractivity contribution in [3.8, 4) is 5.75 Å². The highest BCUT2D eigenvalue weighted by Gasteiger charge is 2.53. The molecule has 25 heavy (non-hydrogen) atoms. The fraction of sp³-hybridized carbons (Fsp3) is 0.350. The van der Waals surface area contributed by atoms with Crippen molar-refractivity contribution in [2.45, 2.75) is 37.9 Å². The van der Waals surface area contributed by atoms with E-state index in [9.17, 15) is 9.18 Å². The standard InChI is InChI=1S/C20H20FNO3/c1-14-12-20(17-11-16(21)7-8-18(17)25-14)9-10-22(19(20)23)24-13-15-5-3-2-4-6-15/h2-8,11,14H,9-10,12-13H2,1H3. The predicted molar refractivity (Wildman–Crippen MR) is 90.3 cm³/mol. The summed E-state index contributed by atoms with van der Waals surface area (Å²) >= 11 is 0. The van der Waals surface area contributed by atoms with Crippen molar-refractivity contribution >= 4 is 5.91 Å². The first-order valence-electron chi connectivity index (χ1n) is 8.54. The number of amides is 1. The summed E-state index contributed by atoms with van der Waals surface area (Å²) in [6, 6.07) is 14.1. The van der Waals surface area contributed by atoms with Gasteiger partial charge in [0.25, 0.3) is 5.91 Å². The van der Waals surface area contributed by atoms with Gasteiger partial charge in [-0.1, -0.05) is 30.3 Å². The Balaban J connectivity index is 1.59. The van der Waals surface area contributed by atoms with Crippen molar-refractivity contribution in [2.24, 2.45) is 0 Å². The quantitative estimate of drug-likeness (QED) is 0.856. The van der Waals surface area contributed by atoms with Gasteiger partial charge in [0.1, 0.15) is 18.2 Å². The molecule has 130 valence electrons. The molecule has 2 aromatic rings. The fourth-order valence-corrected chi connectivity index (χ4v) is 3.87. The maximum absolute atomic E-state index is 13.8. The number of rotatable bonds is 3. The highest BCUT2D eigenvalue weighted by atomic mass is 19.1. The van der Waals surface area contributed by atoms with Crippen molar-refractivity contribution < 1.29 is 18.8 Å². The van der Waals surface area contributed by atoms with Crippen LogP contribution in [0.5, 0.6) is 5.75 Å². The molecule has 4 nitrogen and oxygen atoms in total. The van der Waals surface area contributed by atoms with E-state index in [1.807, 2.05) is 37.3 Å². The molecule has 0 saturated carbocycles.